The molecular weight excluding hydrogens is 330 g/mol. The van der Waals surface area contributed by atoms with Crippen LogP contribution in [0.3, 0.4) is 0 Å². The van der Waals surface area contributed by atoms with Crippen LogP contribution in [0, 0.1) is 0 Å². The van der Waals surface area contributed by atoms with Gasteiger partial charge in [0, 0.05) is 4.90 Å². The minimum Gasteiger partial charge on any atom is -0.129 e. The van der Waals surface area contributed by atoms with E-state index in [0.717, 1.165) is 16.0 Å². The zero-order valence-electron chi connectivity index (χ0n) is 9.31. The Morgan fingerprint density at radius 1 is 0.778 bits per heavy atom. The highest BCUT2D eigenvalue weighted by Gasteiger charge is 2.10. The molecule has 5 heteroatoms. The van der Waals surface area contributed by atoms with Crippen LogP contribution in [-0.2, 0) is 0 Å². The Labute approximate surface area is 130 Å². The summed E-state index contributed by atoms with van der Waals surface area (Å²) in [6, 6.07) is 9.20. The summed E-state index contributed by atoms with van der Waals surface area (Å²) in [5.74, 6) is 0. The molecule has 0 aliphatic carbocycles. The average Bonchev–Trinajstić information content (AvgIpc) is 2.35. The van der Waals surface area contributed by atoms with Gasteiger partial charge < -0.3 is 0 Å². The zero-order chi connectivity index (χ0) is 13.3. The molecule has 94 valence electrons. The van der Waals surface area contributed by atoms with Crippen molar-refractivity contribution in [2.75, 3.05) is 6.26 Å². The summed E-state index contributed by atoms with van der Waals surface area (Å²) in [6.45, 7) is 0. The molecule has 0 nitrogen and oxygen atoms in total. The van der Waals surface area contributed by atoms with Gasteiger partial charge in [0.15, 0.2) is 0 Å². The zero-order valence-corrected chi connectivity index (χ0v) is 13.1. The van der Waals surface area contributed by atoms with Crippen LogP contribution >= 0.6 is 58.2 Å². The van der Waals surface area contributed by atoms with Gasteiger partial charge in [-0.25, -0.2) is 0 Å². The van der Waals surface area contributed by atoms with Crippen molar-refractivity contribution in [3.63, 3.8) is 0 Å². The first-order valence-corrected chi connectivity index (χ1v) is 7.75. The largest absolute Gasteiger partial charge is 0.129 e. The van der Waals surface area contributed by atoms with Gasteiger partial charge in [-0.3, -0.25) is 0 Å². The fraction of sp³-hybridized carbons (Fsp3) is 0.0769. The lowest BCUT2D eigenvalue weighted by Gasteiger charge is -2.10. The average molecular weight is 338 g/mol. The van der Waals surface area contributed by atoms with Crippen LogP contribution in [0.2, 0.25) is 20.1 Å². The molecule has 0 heterocycles. The van der Waals surface area contributed by atoms with Gasteiger partial charge in [-0.1, -0.05) is 52.5 Å². The standard InChI is InChI=1S/C13H8Cl4S/c1-18-13-6-12(17)11(16)5-8(13)7-2-3-9(14)10(15)4-7/h2-6H,1H3. The third-order valence-corrected chi connectivity index (χ3v) is 4.71. The Bertz CT molecular complexity index is 596. The highest BCUT2D eigenvalue weighted by Crippen LogP contribution is 2.38. The molecule has 0 spiro atoms. The van der Waals surface area contributed by atoms with Crippen molar-refractivity contribution < 1.29 is 0 Å². The van der Waals surface area contributed by atoms with E-state index in [1.54, 1.807) is 17.8 Å². The Balaban J connectivity index is 2.62. The molecule has 0 aliphatic heterocycles. The van der Waals surface area contributed by atoms with Crippen molar-refractivity contribution in [1.29, 1.82) is 0 Å². The van der Waals surface area contributed by atoms with Gasteiger partial charge in [0.1, 0.15) is 0 Å². The second kappa shape index (κ2) is 5.94. The number of benzene rings is 2. The molecule has 2 rings (SSSR count). The van der Waals surface area contributed by atoms with Crippen LogP contribution in [0.4, 0.5) is 0 Å². The Morgan fingerprint density at radius 3 is 2.00 bits per heavy atom. The van der Waals surface area contributed by atoms with Gasteiger partial charge in [0.05, 0.1) is 20.1 Å². The molecule has 0 radical (unpaired) electrons. The fourth-order valence-corrected chi connectivity index (χ4v) is 2.91. The van der Waals surface area contributed by atoms with Crippen LogP contribution in [0.1, 0.15) is 0 Å². The maximum atomic E-state index is 6.06. The summed E-state index contributed by atoms with van der Waals surface area (Å²) >= 11 is 25.6. The van der Waals surface area contributed by atoms with Gasteiger partial charge in [-0.05, 0) is 41.6 Å². The number of hydrogen-bond acceptors (Lipinski definition) is 1. The smallest absolute Gasteiger partial charge is 0.0603 e. The topological polar surface area (TPSA) is 0 Å². The monoisotopic (exact) mass is 336 g/mol. The quantitative estimate of drug-likeness (QED) is 0.550. The third-order valence-electron chi connectivity index (χ3n) is 2.47. The Kier molecular flexibility index (Phi) is 4.74. The van der Waals surface area contributed by atoms with Crippen molar-refractivity contribution in [2.24, 2.45) is 0 Å². The molecule has 0 amide bonds. The first-order valence-electron chi connectivity index (χ1n) is 5.01. The maximum Gasteiger partial charge on any atom is 0.0603 e. The number of halogens is 4. The summed E-state index contributed by atoms with van der Waals surface area (Å²) in [6.07, 6.45) is 1.99. The van der Waals surface area contributed by atoms with Crippen molar-refractivity contribution in [3.05, 3.63) is 50.4 Å². The van der Waals surface area contributed by atoms with Crippen LogP contribution in [0.15, 0.2) is 35.2 Å². The molecule has 0 bridgehead atoms. The Hall–Kier alpha value is -0.0500. The van der Waals surface area contributed by atoms with Crippen LogP contribution < -0.4 is 0 Å². The lowest BCUT2D eigenvalue weighted by atomic mass is 10.1. The first-order chi connectivity index (χ1) is 8.52. The Morgan fingerprint density at radius 2 is 1.39 bits per heavy atom. The molecule has 0 aliphatic rings. The van der Waals surface area contributed by atoms with Crippen molar-refractivity contribution in [1.82, 2.24) is 0 Å². The molecule has 2 aromatic carbocycles. The number of rotatable bonds is 2. The molecule has 0 aromatic heterocycles. The van der Waals surface area contributed by atoms with E-state index in [2.05, 4.69) is 0 Å². The molecule has 0 saturated heterocycles. The predicted octanol–water partition coefficient (Wildman–Crippen LogP) is 6.69. The van der Waals surface area contributed by atoms with Gasteiger partial charge in [0.25, 0.3) is 0 Å². The van der Waals surface area contributed by atoms with E-state index in [-0.39, 0.29) is 0 Å². The molecule has 0 N–H and O–H groups in total. The molecule has 18 heavy (non-hydrogen) atoms. The third kappa shape index (κ3) is 2.92. The summed E-state index contributed by atoms with van der Waals surface area (Å²) in [5.41, 5.74) is 1.96. The summed E-state index contributed by atoms with van der Waals surface area (Å²) < 4.78 is 0. The maximum absolute atomic E-state index is 6.06. The van der Waals surface area contributed by atoms with E-state index in [9.17, 15) is 0 Å². The SMILES string of the molecule is CSc1cc(Cl)c(Cl)cc1-c1ccc(Cl)c(Cl)c1. The number of hydrogen-bond donors (Lipinski definition) is 0. The van der Waals surface area contributed by atoms with Crippen molar-refractivity contribution >= 4 is 58.2 Å². The van der Waals surface area contributed by atoms with Crippen molar-refractivity contribution in [3.8, 4) is 11.1 Å². The minimum absolute atomic E-state index is 0.521. The molecule has 0 saturated carbocycles. The van der Waals surface area contributed by atoms with Crippen LogP contribution in [0.5, 0.6) is 0 Å². The molecule has 2 aromatic rings. The normalized spacial score (nSPS) is 10.7. The number of thioether (sulfide) groups is 1. The summed E-state index contributed by atoms with van der Waals surface area (Å²) in [5, 5.41) is 2.12. The second-order valence-corrected chi connectivity index (χ2v) is 6.07. The molecule has 0 atom stereocenters. The van der Waals surface area contributed by atoms with E-state index >= 15 is 0 Å². The van der Waals surface area contributed by atoms with E-state index < -0.39 is 0 Å². The molecule has 0 fully saturated rings. The van der Waals surface area contributed by atoms with E-state index in [0.29, 0.717) is 20.1 Å². The first kappa shape index (κ1) is 14.4. The van der Waals surface area contributed by atoms with Gasteiger partial charge in [0.2, 0.25) is 0 Å². The lowest BCUT2D eigenvalue weighted by molar-refractivity contribution is 1.45. The minimum atomic E-state index is 0.521. The van der Waals surface area contributed by atoms with E-state index in [1.807, 2.05) is 30.5 Å². The summed E-state index contributed by atoms with van der Waals surface area (Å²) in [7, 11) is 0. The van der Waals surface area contributed by atoms with Crippen LogP contribution in [-0.4, -0.2) is 6.26 Å². The van der Waals surface area contributed by atoms with E-state index in [4.69, 9.17) is 46.4 Å². The van der Waals surface area contributed by atoms with Gasteiger partial charge >= 0.3 is 0 Å². The fourth-order valence-electron chi connectivity index (χ4n) is 1.59. The summed E-state index contributed by atoms with van der Waals surface area (Å²) in [4.78, 5) is 1.04. The predicted molar refractivity (Wildman–Crippen MR) is 83.7 cm³/mol. The highest BCUT2D eigenvalue weighted by atomic mass is 35.5. The second-order valence-electron chi connectivity index (χ2n) is 3.60. The van der Waals surface area contributed by atoms with Crippen molar-refractivity contribution in [2.45, 2.75) is 4.90 Å². The van der Waals surface area contributed by atoms with Crippen LogP contribution in [0.25, 0.3) is 11.1 Å². The van der Waals surface area contributed by atoms with Gasteiger partial charge in [-0.15, -0.1) is 11.8 Å². The lowest BCUT2D eigenvalue weighted by Crippen LogP contribution is -1.84. The molecular formula is C13H8Cl4S. The van der Waals surface area contributed by atoms with E-state index in [1.165, 1.54) is 0 Å². The molecule has 0 unspecified atom stereocenters. The highest BCUT2D eigenvalue weighted by molar-refractivity contribution is 7.98. The van der Waals surface area contributed by atoms with Gasteiger partial charge in [-0.2, -0.15) is 0 Å².